The number of carboxylic acids is 3. The van der Waals surface area contributed by atoms with E-state index in [-0.39, 0.29) is 35.5 Å². The van der Waals surface area contributed by atoms with E-state index < -0.39 is 17.9 Å². The van der Waals surface area contributed by atoms with Crippen LogP contribution >= 0.6 is 0 Å². The van der Waals surface area contributed by atoms with Gasteiger partial charge < -0.3 is 24.9 Å². The Labute approximate surface area is 300 Å². The number of aliphatic carboxylic acids is 3. The second-order valence-corrected chi connectivity index (χ2v) is 12.5. The summed E-state index contributed by atoms with van der Waals surface area (Å²) in [7, 11) is 0. The van der Waals surface area contributed by atoms with Gasteiger partial charge in [-0.15, -0.1) is 0 Å². The molecule has 0 aromatic heterocycles. The first-order valence-electron chi connectivity index (χ1n) is 18.8. The van der Waals surface area contributed by atoms with Crippen molar-refractivity contribution >= 4 is 17.9 Å². The number of allylic oxidation sites excluding steroid dienone is 4. The topological polar surface area (TPSA) is 118 Å². The molecule has 0 heterocycles. The van der Waals surface area contributed by atoms with Gasteiger partial charge in [0.2, 0.25) is 0 Å². The van der Waals surface area contributed by atoms with E-state index in [1.807, 2.05) is 0 Å². The van der Waals surface area contributed by atoms with Crippen molar-refractivity contribution in [2.75, 3.05) is 0 Å². The van der Waals surface area contributed by atoms with Crippen LogP contribution in [0.3, 0.4) is 0 Å². The first kappa shape index (κ1) is 52.0. The van der Waals surface area contributed by atoms with Crippen LogP contribution in [0.5, 0.6) is 0 Å². The summed E-state index contributed by atoms with van der Waals surface area (Å²) in [5.74, 6) is -2.76. The van der Waals surface area contributed by atoms with Gasteiger partial charge >= 0.3 is 23.0 Å². The fourth-order valence-corrected chi connectivity index (χ4v) is 4.68. The summed E-state index contributed by atoms with van der Waals surface area (Å²) in [4.78, 5) is 30.0. The van der Waals surface area contributed by atoms with Gasteiger partial charge in [-0.1, -0.05) is 147 Å². The molecule has 0 aliphatic carbocycles. The fraction of sp³-hybridized carbons (Fsp3) is 0.775. The van der Waals surface area contributed by atoms with Crippen LogP contribution in [0.4, 0.5) is 0 Å². The predicted molar refractivity (Wildman–Crippen MR) is 191 cm³/mol. The monoisotopic (exact) mass is 711 g/mol. The maximum atomic E-state index is 10.2. The maximum absolute atomic E-state index is 10.2. The summed E-state index contributed by atoms with van der Waals surface area (Å²) in [5, 5.41) is 28.3. The molecule has 0 aromatic carbocycles. The van der Waals surface area contributed by atoms with Gasteiger partial charge in [0.05, 0.1) is 0 Å². The first-order chi connectivity index (χ1) is 22.2. The van der Waals surface area contributed by atoms with Crippen molar-refractivity contribution in [1.29, 1.82) is 0 Å². The van der Waals surface area contributed by atoms with E-state index >= 15 is 0 Å². The molecule has 0 spiro atoms. The maximum Gasteiger partial charge on any atom is 2.00 e. The van der Waals surface area contributed by atoms with Crippen molar-refractivity contribution in [1.82, 2.24) is 0 Å². The Kier molecular flexibility index (Phi) is 51.2. The molecule has 6 nitrogen and oxygen atoms in total. The van der Waals surface area contributed by atoms with Crippen LogP contribution in [-0.4, -0.2) is 23.0 Å². The van der Waals surface area contributed by atoms with Crippen LogP contribution in [0.25, 0.3) is 0 Å². The number of unbranched alkanes of at least 4 members (excludes halogenated alkanes) is 22. The minimum absolute atomic E-state index is 0. The first-order valence-corrected chi connectivity index (χ1v) is 18.8. The van der Waals surface area contributed by atoms with E-state index in [1.54, 1.807) is 0 Å². The normalized spacial score (nSPS) is 10.5. The van der Waals surface area contributed by atoms with Gasteiger partial charge in [0.15, 0.2) is 0 Å². The molecular weight excluding hydrogens is 640 g/mol. The van der Waals surface area contributed by atoms with Crippen molar-refractivity contribution in [2.45, 2.75) is 201 Å². The molecule has 1 radical (unpaired) electrons. The Hall–Kier alpha value is -1.85. The number of carbonyl (C=O) groups excluding carboxylic acids is 2. The Morgan fingerprint density at radius 2 is 0.702 bits per heavy atom. The second kappa shape index (κ2) is 46.3. The number of carbonyl (C=O) groups is 3. The molecule has 0 unspecified atom stereocenters. The summed E-state index contributed by atoms with van der Waals surface area (Å²) in [6.45, 7) is 9.11. The smallest absolute Gasteiger partial charge is 0.550 e. The van der Waals surface area contributed by atoms with E-state index in [0.717, 1.165) is 38.5 Å². The average Bonchev–Trinajstić information content (AvgIpc) is 3.01. The Bertz CT molecular complexity index is 685. The summed E-state index contributed by atoms with van der Waals surface area (Å²) >= 11 is 0. The van der Waals surface area contributed by atoms with Crippen LogP contribution in [0.2, 0.25) is 0 Å². The van der Waals surface area contributed by atoms with Gasteiger partial charge in [-0.3, -0.25) is 0 Å². The van der Waals surface area contributed by atoms with Crippen molar-refractivity contribution < 1.29 is 46.8 Å². The second-order valence-electron chi connectivity index (χ2n) is 12.5. The Morgan fingerprint density at radius 1 is 0.489 bits per heavy atom. The third-order valence-electron chi connectivity index (χ3n) is 7.65. The van der Waals surface area contributed by atoms with Crippen LogP contribution in [-0.2, 0) is 31.5 Å². The number of rotatable bonds is 31. The largest absolute Gasteiger partial charge is 2.00 e. The van der Waals surface area contributed by atoms with Crippen molar-refractivity contribution in [3.8, 4) is 0 Å². The van der Waals surface area contributed by atoms with E-state index in [2.05, 4.69) is 44.7 Å². The molecule has 0 saturated heterocycles. The van der Waals surface area contributed by atoms with Crippen LogP contribution in [0.15, 0.2) is 36.5 Å². The molecule has 279 valence electrons. The van der Waals surface area contributed by atoms with Crippen molar-refractivity contribution in [3.63, 3.8) is 0 Å². The molecule has 0 aliphatic rings. The molecule has 0 aromatic rings. The summed E-state index contributed by atoms with van der Waals surface area (Å²) in [6.07, 6.45) is 41.8. The standard InChI is InChI=1S/2C18H34O2.C4H6O2.Cu/c2*1-2-3-4-5-6-7-8-9-10-11-12-13-14-15-16-17-18(19)20;1-3(2)4(5)6;/h2*9-10H,2-8,11-17H2,1H3,(H,19,20);1H2,2H3,(H,5,6);/q;;;+2/p-2/b2*10-9-;;. The summed E-state index contributed by atoms with van der Waals surface area (Å²) in [5.41, 5.74) is 0.176. The fourth-order valence-electron chi connectivity index (χ4n) is 4.68. The Balaban J connectivity index is -0.000000329. The molecule has 0 amide bonds. The average molecular weight is 713 g/mol. The number of hydrogen-bond acceptors (Lipinski definition) is 5. The van der Waals surface area contributed by atoms with E-state index in [4.69, 9.17) is 5.11 Å². The summed E-state index contributed by atoms with van der Waals surface area (Å²) in [6, 6.07) is 0. The van der Waals surface area contributed by atoms with Crippen molar-refractivity contribution in [3.05, 3.63) is 36.5 Å². The molecule has 0 saturated carbocycles. The van der Waals surface area contributed by atoms with Gasteiger partial charge in [0.1, 0.15) is 0 Å². The minimum Gasteiger partial charge on any atom is -0.550 e. The van der Waals surface area contributed by atoms with Gasteiger partial charge in [-0.25, -0.2) is 4.79 Å². The zero-order chi connectivity index (χ0) is 34.9. The molecule has 47 heavy (non-hydrogen) atoms. The van der Waals surface area contributed by atoms with Gasteiger partial charge in [0, 0.05) is 17.5 Å². The molecule has 7 heteroatoms. The molecule has 0 rings (SSSR count). The van der Waals surface area contributed by atoms with Crippen LogP contribution < -0.4 is 10.2 Å². The quantitative estimate of drug-likeness (QED) is 0.0331. The predicted octanol–water partition coefficient (Wildman–Crippen LogP) is 10.2. The molecule has 0 aliphatic heterocycles. The third-order valence-corrected chi connectivity index (χ3v) is 7.65. The molecule has 0 fully saturated rings. The van der Waals surface area contributed by atoms with Crippen molar-refractivity contribution in [2.24, 2.45) is 0 Å². The minimum atomic E-state index is -0.935. The van der Waals surface area contributed by atoms with Gasteiger partial charge in [0.25, 0.3) is 0 Å². The van der Waals surface area contributed by atoms with Gasteiger partial charge in [-0.2, -0.15) is 0 Å². The van der Waals surface area contributed by atoms with E-state index in [1.165, 1.54) is 135 Å². The molecule has 0 atom stereocenters. The Morgan fingerprint density at radius 3 is 0.915 bits per heavy atom. The summed E-state index contributed by atoms with van der Waals surface area (Å²) < 4.78 is 0. The molecule has 1 N–H and O–H groups in total. The number of carboxylic acid groups (broad SMARTS) is 3. The zero-order valence-electron chi connectivity index (χ0n) is 30.6. The number of hydrogen-bond donors (Lipinski definition) is 1. The SMILES string of the molecule is C=C(C)C(=O)O.CCCCCCCC/C=C\CCCCCCCC(=O)[O-].CCCCCCCC/C=C\CCCCCCCC(=O)[O-].[Cu+2]. The molecule has 0 bridgehead atoms. The van der Waals surface area contributed by atoms with E-state index in [0.29, 0.717) is 0 Å². The van der Waals surface area contributed by atoms with Crippen LogP contribution in [0, 0.1) is 0 Å². The zero-order valence-corrected chi connectivity index (χ0v) is 31.5. The van der Waals surface area contributed by atoms with Gasteiger partial charge in [-0.05, 0) is 84.0 Å². The third kappa shape index (κ3) is 60.0. The van der Waals surface area contributed by atoms with Crippen LogP contribution in [0.1, 0.15) is 201 Å². The van der Waals surface area contributed by atoms with E-state index in [9.17, 15) is 24.6 Å². The molecular formula is C40H72CuO6.